The second kappa shape index (κ2) is 7.78. The predicted molar refractivity (Wildman–Crippen MR) is 79.9 cm³/mol. The van der Waals surface area contributed by atoms with Crippen LogP contribution in [0.25, 0.3) is 0 Å². The number of rotatable bonds is 7. The molecule has 1 amide bonds. The second-order valence-corrected chi connectivity index (χ2v) is 5.55. The Bertz CT molecular complexity index is 470. The van der Waals surface area contributed by atoms with Crippen molar-refractivity contribution < 1.29 is 14.7 Å². The largest absolute Gasteiger partial charge is 0.480 e. The third-order valence-corrected chi connectivity index (χ3v) is 3.86. The van der Waals surface area contributed by atoms with E-state index < -0.39 is 12.0 Å². The van der Waals surface area contributed by atoms with E-state index in [0.717, 1.165) is 31.5 Å². The fourth-order valence-electron chi connectivity index (χ4n) is 2.61. The Morgan fingerprint density at radius 2 is 2.10 bits per heavy atom. The summed E-state index contributed by atoms with van der Waals surface area (Å²) in [4.78, 5) is 23.2. The van der Waals surface area contributed by atoms with Crippen LogP contribution in [0.2, 0.25) is 0 Å². The van der Waals surface area contributed by atoms with Gasteiger partial charge in [-0.3, -0.25) is 4.79 Å². The summed E-state index contributed by atoms with van der Waals surface area (Å²) in [5.41, 5.74) is 0.908. The van der Waals surface area contributed by atoms with Crippen molar-refractivity contribution in [1.29, 1.82) is 0 Å². The van der Waals surface area contributed by atoms with Crippen molar-refractivity contribution >= 4 is 11.9 Å². The Morgan fingerprint density at radius 3 is 2.71 bits per heavy atom. The zero-order valence-electron chi connectivity index (χ0n) is 12.0. The van der Waals surface area contributed by atoms with Crippen molar-refractivity contribution in [3.63, 3.8) is 0 Å². The molecule has 5 nitrogen and oxygen atoms in total. The van der Waals surface area contributed by atoms with E-state index in [4.69, 9.17) is 0 Å². The van der Waals surface area contributed by atoms with Crippen LogP contribution >= 0.6 is 0 Å². The van der Waals surface area contributed by atoms with Gasteiger partial charge in [-0.1, -0.05) is 30.3 Å². The topological polar surface area (TPSA) is 78.4 Å². The molecule has 0 radical (unpaired) electrons. The zero-order valence-corrected chi connectivity index (χ0v) is 12.0. The normalized spacial score (nSPS) is 19.1. The third-order valence-electron chi connectivity index (χ3n) is 3.86. The van der Waals surface area contributed by atoms with Crippen LogP contribution < -0.4 is 10.6 Å². The van der Waals surface area contributed by atoms with Gasteiger partial charge in [-0.2, -0.15) is 0 Å². The number of carboxylic acid groups (broad SMARTS) is 1. The molecule has 1 aromatic rings. The second-order valence-electron chi connectivity index (χ2n) is 5.55. The molecule has 1 heterocycles. The summed E-state index contributed by atoms with van der Waals surface area (Å²) in [6.07, 6.45) is 2.62. The Kier molecular flexibility index (Phi) is 5.75. The van der Waals surface area contributed by atoms with E-state index >= 15 is 0 Å². The van der Waals surface area contributed by atoms with Crippen molar-refractivity contribution in [2.24, 2.45) is 5.92 Å². The monoisotopic (exact) mass is 290 g/mol. The summed E-state index contributed by atoms with van der Waals surface area (Å²) in [5.74, 6) is -0.631. The molecule has 114 valence electrons. The van der Waals surface area contributed by atoms with Crippen molar-refractivity contribution in [3.05, 3.63) is 35.9 Å². The molecule has 1 unspecified atom stereocenters. The number of carbonyl (C=O) groups excluding carboxylic acids is 1. The van der Waals surface area contributed by atoms with Crippen molar-refractivity contribution in [2.45, 2.75) is 31.7 Å². The highest BCUT2D eigenvalue weighted by atomic mass is 16.4. The van der Waals surface area contributed by atoms with E-state index in [1.165, 1.54) is 0 Å². The molecule has 1 aromatic carbocycles. The van der Waals surface area contributed by atoms with Crippen LogP contribution in [-0.4, -0.2) is 36.1 Å². The fourth-order valence-corrected chi connectivity index (χ4v) is 2.61. The van der Waals surface area contributed by atoms with Crippen LogP contribution in [0.4, 0.5) is 0 Å². The highest BCUT2D eigenvalue weighted by molar-refractivity contribution is 5.83. The molecule has 1 aliphatic rings. The first kappa shape index (κ1) is 15.5. The van der Waals surface area contributed by atoms with Crippen LogP contribution in [0, 0.1) is 5.92 Å². The van der Waals surface area contributed by atoms with Crippen molar-refractivity contribution in [1.82, 2.24) is 10.6 Å². The first-order valence-corrected chi connectivity index (χ1v) is 7.42. The highest BCUT2D eigenvalue weighted by Gasteiger charge is 2.21. The Morgan fingerprint density at radius 1 is 1.33 bits per heavy atom. The van der Waals surface area contributed by atoms with Crippen LogP contribution in [0.15, 0.2) is 30.3 Å². The number of carbonyl (C=O) groups is 2. The smallest absolute Gasteiger partial charge is 0.326 e. The molecule has 0 aliphatic carbocycles. The zero-order chi connectivity index (χ0) is 15.1. The molecule has 0 aromatic heterocycles. The summed E-state index contributed by atoms with van der Waals surface area (Å²) >= 11 is 0. The number of hydrogen-bond donors (Lipinski definition) is 3. The lowest BCUT2D eigenvalue weighted by Crippen LogP contribution is -2.42. The molecule has 0 bridgehead atoms. The lowest BCUT2D eigenvalue weighted by atomic mass is 10.0. The number of nitrogens with one attached hydrogen (secondary N) is 2. The number of hydrogen-bond acceptors (Lipinski definition) is 3. The third kappa shape index (κ3) is 5.19. The molecule has 1 aliphatic heterocycles. The summed E-state index contributed by atoms with van der Waals surface area (Å²) in [6, 6.07) is 8.49. The number of carboxylic acids is 1. The molecule has 1 saturated heterocycles. The molecule has 0 spiro atoms. The molecule has 2 atom stereocenters. The van der Waals surface area contributed by atoms with Gasteiger partial charge in [-0.15, -0.1) is 0 Å². The average molecular weight is 290 g/mol. The Labute approximate surface area is 124 Å². The average Bonchev–Trinajstić information content (AvgIpc) is 2.99. The van der Waals surface area contributed by atoms with E-state index in [1.807, 2.05) is 30.3 Å². The number of aliphatic carboxylic acids is 1. The van der Waals surface area contributed by atoms with Crippen LogP contribution in [0.1, 0.15) is 24.8 Å². The van der Waals surface area contributed by atoms with Gasteiger partial charge in [0.15, 0.2) is 0 Å². The van der Waals surface area contributed by atoms with Crippen molar-refractivity contribution in [3.8, 4) is 0 Å². The van der Waals surface area contributed by atoms with E-state index in [9.17, 15) is 14.7 Å². The lowest BCUT2D eigenvalue weighted by molar-refractivity contribution is -0.141. The standard InChI is InChI=1S/C16H22N2O3/c19-15(7-6-13-8-9-17-11-13)18-14(16(20)21)10-12-4-2-1-3-5-12/h1-5,13-14,17H,6-11H2,(H,18,19)(H,20,21)/t13?,14-/m1/s1. The molecular formula is C16H22N2O3. The van der Waals surface area contributed by atoms with Gasteiger partial charge < -0.3 is 15.7 Å². The summed E-state index contributed by atoms with van der Waals surface area (Å²) in [6.45, 7) is 1.97. The quantitative estimate of drug-likeness (QED) is 0.705. The van der Waals surface area contributed by atoms with Gasteiger partial charge in [-0.05, 0) is 37.4 Å². The number of benzene rings is 1. The van der Waals surface area contributed by atoms with Crippen LogP contribution in [0.3, 0.4) is 0 Å². The molecule has 21 heavy (non-hydrogen) atoms. The Hall–Kier alpha value is -1.88. The minimum atomic E-state index is -0.991. The predicted octanol–water partition coefficient (Wildman–Crippen LogP) is 1.19. The Balaban J connectivity index is 1.81. The maximum atomic E-state index is 11.9. The highest BCUT2D eigenvalue weighted by Crippen LogP contribution is 2.14. The first-order valence-electron chi connectivity index (χ1n) is 7.42. The van der Waals surface area contributed by atoms with Crippen molar-refractivity contribution in [2.75, 3.05) is 13.1 Å². The first-order chi connectivity index (χ1) is 10.1. The van der Waals surface area contributed by atoms with Gasteiger partial charge in [0.05, 0.1) is 0 Å². The molecule has 5 heteroatoms. The molecule has 2 rings (SSSR count). The van der Waals surface area contributed by atoms with Gasteiger partial charge in [-0.25, -0.2) is 4.79 Å². The maximum absolute atomic E-state index is 11.9. The number of amides is 1. The summed E-state index contributed by atoms with van der Waals surface area (Å²) in [5, 5.41) is 15.1. The van der Waals surface area contributed by atoms with Gasteiger partial charge in [0, 0.05) is 12.8 Å². The van der Waals surface area contributed by atoms with Gasteiger partial charge in [0.25, 0.3) is 0 Å². The van der Waals surface area contributed by atoms with E-state index in [2.05, 4.69) is 10.6 Å². The summed E-state index contributed by atoms with van der Waals surface area (Å²) in [7, 11) is 0. The van der Waals surface area contributed by atoms with E-state index in [0.29, 0.717) is 18.8 Å². The fraction of sp³-hybridized carbons (Fsp3) is 0.500. The minimum Gasteiger partial charge on any atom is -0.480 e. The summed E-state index contributed by atoms with van der Waals surface area (Å²) < 4.78 is 0. The molecule has 3 N–H and O–H groups in total. The molecule has 1 fully saturated rings. The van der Waals surface area contributed by atoms with Crippen LogP contribution in [0.5, 0.6) is 0 Å². The van der Waals surface area contributed by atoms with Gasteiger partial charge in [0.2, 0.25) is 5.91 Å². The van der Waals surface area contributed by atoms with Gasteiger partial charge >= 0.3 is 5.97 Å². The van der Waals surface area contributed by atoms with Crippen LogP contribution in [-0.2, 0) is 16.0 Å². The maximum Gasteiger partial charge on any atom is 0.326 e. The van der Waals surface area contributed by atoms with Gasteiger partial charge in [0.1, 0.15) is 6.04 Å². The minimum absolute atomic E-state index is 0.176. The van der Waals surface area contributed by atoms with E-state index in [1.54, 1.807) is 0 Å². The molecular weight excluding hydrogens is 268 g/mol. The van der Waals surface area contributed by atoms with E-state index in [-0.39, 0.29) is 5.91 Å². The SMILES string of the molecule is O=C(CCC1CCNC1)N[C@H](Cc1ccccc1)C(=O)O. The molecule has 0 saturated carbocycles. The lowest BCUT2D eigenvalue weighted by Gasteiger charge is -2.15.